The third-order valence-corrected chi connectivity index (χ3v) is 7.38. The zero-order valence-electron chi connectivity index (χ0n) is 23.3. The zero-order chi connectivity index (χ0) is 28.8. The Morgan fingerprint density at radius 3 is 1.83 bits per heavy atom. The first-order valence-electron chi connectivity index (χ1n) is 13.6. The summed E-state index contributed by atoms with van der Waals surface area (Å²) < 4.78 is 15.8. The molecule has 3 aromatic rings. The van der Waals surface area contributed by atoms with Gasteiger partial charge in [0.2, 0.25) is 0 Å². The summed E-state index contributed by atoms with van der Waals surface area (Å²) in [6.07, 6.45) is 0. The molecule has 0 saturated carbocycles. The van der Waals surface area contributed by atoms with Crippen LogP contribution in [0.15, 0.2) is 66.7 Å². The van der Waals surface area contributed by atoms with E-state index in [2.05, 4.69) is 10.2 Å². The molecule has 0 radical (unpaired) electrons. The Balaban J connectivity index is 1.33. The number of rotatable bonds is 7. The van der Waals surface area contributed by atoms with E-state index < -0.39 is 0 Å². The van der Waals surface area contributed by atoms with E-state index >= 15 is 0 Å². The lowest BCUT2D eigenvalue weighted by Gasteiger charge is -2.37. The highest BCUT2D eigenvalue weighted by atomic mass is 16.5. The molecule has 2 aliphatic rings. The molecule has 2 aliphatic heterocycles. The maximum absolute atomic E-state index is 13.7. The van der Waals surface area contributed by atoms with Gasteiger partial charge in [0.1, 0.15) is 11.5 Å². The van der Waals surface area contributed by atoms with Crippen LogP contribution < -0.4 is 19.7 Å². The summed E-state index contributed by atoms with van der Waals surface area (Å²) >= 11 is 0. The number of benzene rings is 3. The summed E-state index contributed by atoms with van der Waals surface area (Å²) in [7, 11) is 3.16. The monoisotopic (exact) mass is 558 g/mol. The predicted molar refractivity (Wildman–Crippen MR) is 155 cm³/mol. The minimum atomic E-state index is -0.282. The second-order valence-corrected chi connectivity index (χ2v) is 9.83. The van der Waals surface area contributed by atoms with Gasteiger partial charge in [0.05, 0.1) is 33.0 Å². The van der Waals surface area contributed by atoms with Crippen molar-refractivity contribution in [2.45, 2.75) is 0 Å². The fourth-order valence-corrected chi connectivity index (χ4v) is 5.01. The summed E-state index contributed by atoms with van der Waals surface area (Å²) in [4.78, 5) is 45.4. The normalized spacial score (nSPS) is 15.3. The van der Waals surface area contributed by atoms with Gasteiger partial charge in [0, 0.05) is 61.8 Å². The molecule has 2 heterocycles. The summed E-state index contributed by atoms with van der Waals surface area (Å²) in [6, 6.07) is 19.4. The molecule has 0 bridgehead atoms. The van der Waals surface area contributed by atoms with Gasteiger partial charge in [-0.1, -0.05) is 0 Å². The third kappa shape index (κ3) is 6.44. The summed E-state index contributed by atoms with van der Waals surface area (Å²) in [5.41, 5.74) is 2.90. The van der Waals surface area contributed by atoms with Gasteiger partial charge in [0.25, 0.3) is 17.7 Å². The SMILES string of the molecule is COc1ccc(C(=O)Nc2ccc(N3CCN(C(=O)c4ccc(OC)cc4)CC3)c(C(=O)N3CCOCC3)c2)cc1. The van der Waals surface area contributed by atoms with Gasteiger partial charge in [-0.05, 0) is 66.7 Å². The van der Waals surface area contributed by atoms with Crippen molar-refractivity contribution in [2.24, 2.45) is 0 Å². The number of carbonyl (C=O) groups excluding carboxylic acids is 3. The van der Waals surface area contributed by atoms with Crippen molar-refractivity contribution < 1.29 is 28.6 Å². The van der Waals surface area contributed by atoms with Gasteiger partial charge in [-0.25, -0.2) is 0 Å². The molecule has 2 fully saturated rings. The van der Waals surface area contributed by atoms with Crippen LogP contribution in [-0.2, 0) is 4.74 Å². The number of morpholine rings is 1. The number of nitrogens with zero attached hydrogens (tertiary/aromatic N) is 3. The average Bonchev–Trinajstić information content (AvgIpc) is 3.04. The molecule has 214 valence electrons. The van der Waals surface area contributed by atoms with Gasteiger partial charge in [0.15, 0.2) is 0 Å². The number of hydrogen-bond acceptors (Lipinski definition) is 7. The number of ether oxygens (including phenoxy) is 3. The molecule has 10 nitrogen and oxygen atoms in total. The molecule has 0 unspecified atom stereocenters. The van der Waals surface area contributed by atoms with E-state index in [0.717, 1.165) is 5.69 Å². The number of anilines is 2. The fraction of sp³-hybridized carbons (Fsp3) is 0.323. The van der Waals surface area contributed by atoms with Gasteiger partial charge in [-0.15, -0.1) is 0 Å². The molecule has 0 atom stereocenters. The van der Waals surface area contributed by atoms with Crippen LogP contribution in [0.1, 0.15) is 31.1 Å². The summed E-state index contributed by atoms with van der Waals surface area (Å²) in [5, 5.41) is 2.92. The van der Waals surface area contributed by atoms with Crippen LogP contribution in [0.4, 0.5) is 11.4 Å². The van der Waals surface area contributed by atoms with Crippen LogP contribution in [0.2, 0.25) is 0 Å². The minimum Gasteiger partial charge on any atom is -0.497 e. The topological polar surface area (TPSA) is 101 Å². The molecule has 0 spiro atoms. The third-order valence-electron chi connectivity index (χ3n) is 7.38. The fourth-order valence-electron chi connectivity index (χ4n) is 5.01. The maximum atomic E-state index is 13.7. The van der Waals surface area contributed by atoms with Crippen molar-refractivity contribution in [3.05, 3.63) is 83.4 Å². The molecule has 3 amide bonds. The molecule has 0 aliphatic carbocycles. The standard InChI is InChI=1S/C31H34N4O6/c1-39-25-8-3-22(4-9-25)29(36)32-24-7-12-28(27(21-24)31(38)35-17-19-41-20-18-35)33-13-15-34(16-14-33)30(37)23-5-10-26(40-2)11-6-23/h3-12,21H,13-20H2,1-2H3,(H,32,36). The highest BCUT2D eigenvalue weighted by Crippen LogP contribution is 2.28. The first-order valence-corrected chi connectivity index (χ1v) is 13.6. The Morgan fingerprint density at radius 1 is 0.683 bits per heavy atom. The molecule has 2 saturated heterocycles. The zero-order valence-corrected chi connectivity index (χ0v) is 23.3. The van der Waals surface area contributed by atoms with Crippen LogP contribution in [-0.4, -0.2) is 94.2 Å². The Kier molecular flexibility index (Phi) is 8.69. The first kappa shape index (κ1) is 28.0. The molecular formula is C31H34N4O6. The lowest BCUT2D eigenvalue weighted by molar-refractivity contribution is 0.0303. The van der Waals surface area contributed by atoms with Crippen LogP contribution in [0.5, 0.6) is 11.5 Å². The maximum Gasteiger partial charge on any atom is 0.256 e. The smallest absolute Gasteiger partial charge is 0.256 e. The lowest BCUT2D eigenvalue weighted by atomic mass is 10.1. The Labute approximate surface area is 239 Å². The van der Waals surface area contributed by atoms with E-state index in [9.17, 15) is 14.4 Å². The molecule has 10 heteroatoms. The molecular weight excluding hydrogens is 524 g/mol. The number of carbonyl (C=O) groups is 3. The van der Waals surface area contributed by atoms with E-state index in [1.807, 2.05) is 17.0 Å². The number of amides is 3. The average molecular weight is 559 g/mol. The second kappa shape index (κ2) is 12.7. The van der Waals surface area contributed by atoms with E-state index in [0.29, 0.717) is 86.4 Å². The second-order valence-electron chi connectivity index (χ2n) is 9.83. The van der Waals surface area contributed by atoms with E-state index in [1.54, 1.807) is 73.7 Å². The minimum absolute atomic E-state index is 0.0338. The van der Waals surface area contributed by atoms with Crippen molar-refractivity contribution in [3.63, 3.8) is 0 Å². The quantitative estimate of drug-likeness (QED) is 0.475. The van der Waals surface area contributed by atoms with E-state index in [-0.39, 0.29) is 17.7 Å². The van der Waals surface area contributed by atoms with Crippen LogP contribution in [0, 0.1) is 0 Å². The molecule has 1 N–H and O–H groups in total. The lowest BCUT2D eigenvalue weighted by Crippen LogP contribution is -2.49. The van der Waals surface area contributed by atoms with Gasteiger partial charge in [-0.3, -0.25) is 14.4 Å². The molecule has 41 heavy (non-hydrogen) atoms. The number of nitrogens with one attached hydrogen (secondary N) is 1. The predicted octanol–water partition coefficient (Wildman–Crippen LogP) is 3.39. The number of hydrogen-bond donors (Lipinski definition) is 1. The van der Waals surface area contributed by atoms with Crippen molar-refractivity contribution in [2.75, 3.05) is 76.9 Å². The molecule has 5 rings (SSSR count). The van der Waals surface area contributed by atoms with Crippen molar-refractivity contribution >= 4 is 29.1 Å². The summed E-state index contributed by atoms with van der Waals surface area (Å²) in [6.45, 7) is 4.17. The van der Waals surface area contributed by atoms with Crippen molar-refractivity contribution in [1.29, 1.82) is 0 Å². The van der Waals surface area contributed by atoms with Crippen LogP contribution >= 0.6 is 0 Å². The van der Waals surface area contributed by atoms with Crippen molar-refractivity contribution in [1.82, 2.24) is 9.80 Å². The highest BCUT2D eigenvalue weighted by molar-refractivity contribution is 6.06. The van der Waals surface area contributed by atoms with Crippen LogP contribution in [0.3, 0.4) is 0 Å². The Hall–Kier alpha value is -4.57. The molecule has 0 aromatic heterocycles. The largest absolute Gasteiger partial charge is 0.497 e. The van der Waals surface area contributed by atoms with Gasteiger partial charge >= 0.3 is 0 Å². The van der Waals surface area contributed by atoms with E-state index in [1.165, 1.54) is 0 Å². The van der Waals surface area contributed by atoms with Crippen molar-refractivity contribution in [3.8, 4) is 11.5 Å². The van der Waals surface area contributed by atoms with E-state index in [4.69, 9.17) is 14.2 Å². The highest BCUT2D eigenvalue weighted by Gasteiger charge is 2.28. The van der Waals surface area contributed by atoms with Gasteiger partial charge in [-0.2, -0.15) is 0 Å². The Morgan fingerprint density at radius 2 is 1.24 bits per heavy atom. The van der Waals surface area contributed by atoms with Gasteiger partial charge < -0.3 is 34.2 Å². The molecule has 3 aromatic carbocycles. The number of piperazine rings is 1. The Bertz CT molecular complexity index is 1380. The van der Waals surface area contributed by atoms with Crippen LogP contribution in [0.25, 0.3) is 0 Å². The summed E-state index contributed by atoms with van der Waals surface area (Å²) in [5.74, 6) is 0.937. The number of methoxy groups -OCH3 is 2. The first-order chi connectivity index (χ1) is 20.0.